The van der Waals surface area contributed by atoms with Gasteiger partial charge in [0.2, 0.25) is 0 Å². The van der Waals surface area contributed by atoms with Crippen molar-refractivity contribution in [2.24, 2.45) is 0 Å². The topological polar surface area (TPSA) is 0 Å². The zero-order chi connectivity index (χ0) is 11.3. The van der Waals surface area contributed by atoms with E-state index in [1.165, 1.54) is 0 Å². The van der Waals surface area contributed by atoms with Crippen molar-refractivity contribution in [3.05, 3.63) is 35.9 Å². The molecule has 1 heteroatoms. The summed E-state index contributed by atoms with van der Waals surface area (Å²) >= 11 is 0. The molecule has 1 aromatic rings. The summed E-state index contributed by atoms with van der Waals surface area (Å²) in [5.74, 6) is 3.32. The van der Waals surface area contributed by atoms with E-state index in [2.05, 4.69) is 51.3 Å². The van der Waals surface area contributed by atoms with Crippen LogP contribution >= 0.6 is 0 Å². The van der Waals surface area contributed by atoms with Crippen molar-refractivity contribution in [2.45, 2.75) is 38.8 Å². The molecule has 0 spiro atoms. The van der Waals surface area contributed by atoms with E-state index in [9.17, 15) is 0 Å². The van der Waals surface area contributed by atoms with Gasteiger partial charge in [0.25, 0.3) is 0 Å². The molecule has 0 aliphatic heterocycles. The van der Waals surface area contributed by atoms with Gasteiger partial charge in [0.05, 0.1) is 0 Å². The van der Waals surface area contributed by atoms with Crippen LogP contribution in [-0.4, -0.2) is 8.80 Å². The standard InChI is InChI=1S/C14H20Si/c1-12(2)15(13(3)4)11-10-14-8-6-5-7-9-14/h5-9,12-13,15H,1-4H3. The quantitative estimate of drug-likeness (QED) is 0.523. The maximum atomic E-state index is 3.52. The predicted octanol–water partition coefficient (Wildman–Crippen LogP) is 3.62. The van der Waals surface area contributed by atoms with Crippen LogP contribution in [0.4, 0.5) is 0 Å². The van der Waals surface area contributed by atoms with Gasteiger partial charge in [-0.3, -0.25) is 0 Å². The van der Waals surface area contributed by atoms with Crippen molar-refractivity contribution >= 4 is 8.80 Å². The van der Waals surface area contributed by atoms with E-state index in [1.807, 2.05) is 18.2 Å². The number of rotatable bonds is 2. The largest absolute Gasteiger partial charge is 0.130 e. The molecule has 0 aliphatic carbocycles. The molecule has 0 atom stereocenters. The van der Waals surface area contributed by atoms with Crippen LogP contribution < -0.4 is 0 Å². The molecule has 15 heavy (non-hydrogen) atoms. The van der Waals surface area contributed by atoms with Gasteiger partial charge in [-0.05, 0) is 23.2 Å². The van der Waals surface area contributed by atoms with Gasteiger partial charge in [-0.1, -0.05) is 51.8 Å². The van der Waals surface area contributed by atoms with Crippen LogP contribution in [0.25, 0.3) is 0 Å². The lowest BCUT2D eigenvalue weighted by molar-refractivity contribution is 0.954. The van der Waals surface area contributed by atoms with Crippen molar-refractivity contribution < 1.29 is 0 Å². The molecule has 0 aromatic heterocycles. The zero-order valence-corrected chi connectivity index (χ0v) is 11.3. The molecule has 0 radical (unpaired) electrons. The Morgan fingerprint density at radius 3 is 1.93 bits per heavy atom. The number of hydrogen-bond donors (Lipinski definition) is 0. The molecule has 0 bridgehead atoms. The van der Waals surface area contributed by atoms with Crippen LogP contribution in [0.15, 0.2) is 30.3 Å². The van der Waals surface area contributed by atoms with E-state index in [-0.39, 0.29) is 0 Å². The molecule has 1 aromatic carbocycles. The summed E-state index contributed by atoms with van der Waals surface area (Å²) in [4.78, 5) is 0. The highest BCUT2D eigenvalue weighted by atomic mass is 28.3. The molecular weight excluding hydrogens is 196 g/mol. The van der Waals surface area contributed by atoms with Crippen molar-refractivity contribution in [3.8, 4) is 11.5 Å². The minimum absolute atomic E-state index is 0.765. The summed E-state index contributed by atoms with van der Waals surface area (Å²) in [5, 5.41) is 0. The predicted molar refractivity (Wildman–Crippen MR) is 70.7 cm³/mol. The molecule has 0 N–H and O–H groups in total. The third-order valence-electron chi connectivity index (χ3n) is 2.59. The van der Waals surface area contributed by atoms with E-state index in [1.54, 1.807) is 0 Å². The van der Waals surface area contributed by atoms with E-state index in [0.717, 1.165) is 16.6 Å². The Morgan fingerprint density at radius 2 is 1.47 bits per heavy atom. The Morgan fingerprint density at radius 1 is 0.933 bits per heavy atom. The van der Waals surface area contributed by atoms with Gasteiger partial charge in [-0.25, -0.2) is 0 Å². The lowest BCUT2D eigenvalue weighted by atomic mass is 10.2. The molecule has 0 saturated carbocycles. The molecule has 0 aliphatic rings. The SMILES string of the molecule is CC(C)[SiH](C#Cc1ccccc1)C(C)C. The summed E-state index contributed by atoms with van der Waals surface area (Å²) in [5.41, 5.74) is 6.20. The summed E-state index contributed by atoms with van der Waals surface area (Å²) in [6.07, 6.45) is 0. The first-order chi connectivity index (χ1) is 7.11. The highest BCUT2D eigenvalue weighted by Crippen LogP contribution is 2.18. The Kier molecular flexibility index (Phi) is 4.65. The Labute approximate surface area is 95.3 Å². The van der Waals surface area contributed by atoms with Crippen molar-refractivity contribution in [1.82, 2.24) is 0 Å². The fourth-order valence-electron chi connectivity index (χ4n) is 1.79. The molecule has 1 rings (SSSR count). The van der Waals surface area contributed by atoms with E-state index in [4.69, 9.17) is 0 Å². The van der Waals surface area contributed by atoms with Crippen LogP contribution in [-0.2, 0) is 0 Å². The fourth-order valence-corrected chi connectivity index (χ4v) is 4.33. The van der Waals surface area contributed by atoms with Crippen molar-refractivity contribution in [2.75, 3.05) is 0 Å². The van der Waals surface area contributed by atoms with Gasteiger partial charge in [0.15, 0.2) is 0 Å². The van der Waals surface area contributed by atoms with Crippen LogP contribution in [0.3, 0.4) is 0 Å². The van der Waals surface area contributed by atoms with E-state index >= 15 is 0 Å². The summed E-state index contributed by atoms with van der Waals surface area (Å²) in [6.45, 7) is 9.21. The Hall–Kier alpha value is -1.00. The Bertz CT molecular complexity index is 333. The molecule has 0 nitrogen and oxygen atoms in total. The molecule has 0 saturated heterocycles. The average Bonchev–Trinajstić information content (AvgIpc) is 2.18. The molecular formula is C14H20Si. The second kappa shape index (κ2) is 5.78. The first-order valence-corrected chi connectivity index (χ1v) is 7.59. The third kappa shape index (κ3) is 3.93. The van der Waals surface area contributed by atoms with Gasteiger partial charge in [0.1, 0.15) is 8.80 Å². The first-order valence-electron chi connectivity index (χ1n) is 5.68. The first kappa shape index (κ1) is 12.1. The van der Waals surface area contributed by atoms with Gasteiger partial charge < -0.3 is 0 Å². The molecule has 0 unspecified atom stereocenters. The second-order valence-corrected chi connectivity index (χ2v) is 8.66. The van der Waals surface area contributed by atoms with Crippen molar-refractivity contribution in [3.63, 3.8) is 0 Å². The maximum absolute atomic E-state index is 3.52. The van der Waals surface area contributed by atoms with Gasteiger partial charge in [-0.15, -0.1) is 5.54 Å². The highest BCUT2D eigenvalue weighted by Gasteiger charge is 2.16. The Balaban J connectivity index is 2.79. The van der Waals surface area contributed by atoms with Crippen LogP contribution in [0, 0.1) is 11.5 Å². The van der Waals surface area contributed by atoms with E-state index in [0.29, 0.717) is 0 Å². The minimum Gasteiger partial charge on any atom is -0.130 e. The van der Waals surface area contributed by atoms with Gasteiger partial charge in [0, 0.05) is 5.56 Å². The smallest absolute Gasteiger partial charge is 0.128 e. The molecule has 80 valence electrons. The average molecular weight is 216 g/mol. The third-order valence-corrected chi connectivity index (χ3v) is 5.94. The summed E-state index contributed by atoms with van der Waals surface area (Å²) in [6, 6.07) is 10.3. The fraction of sp³-hybridized carbons (Fsp3) is 0.429. The molecule has 0 heterocycles. The lowest BCUT2D eigenvalue weighted by Gasteiger charge is -2.16. The lowest BCUT2D eigenvalue weighted by Crippen LogP contribution is -2.18. The molecule has 0 amide bonds. The highest BCUT2D eigenvalue weighted by molar-refractivity contribution is 6.70. The van der Waals surface area contributed by atoms with E-state index < -0.39 is 8.80 Å². The zero-order valence-electron chi connectivity index (χ0n) is 10.1. The van der Waals surface area contributed by atoms with Crippen LogP contribution in [0.5, 0.6) is 0 Å². The summed E-state index contributed by atoms with van der Waals surface area (Å²) in [7, 11) is -0.911. The minimum atomic E-state index is -0.911. The molecule has 0 fully saturated rings. The maximum Gasteiger partial charge on any atom is 0.128 e. The number of benzene rings is 1. The number of hydrogen-bond acceptors (Lipinski definition) is 0. The summed E-state index contributed by atoms with van der Waals surface area (Å²) < 4.78 is 0. The second-order valence-electron chi connectivity index (χ2n) is 4.65. The monoisotopic (exact) mass is 216 g/mol. The van der Waals surface area contributed by atoms with Gasteiger partial charge in [-0.2, -0.15) is 0 Å². The normalized spacial score (nSPS) is 10.6. The van der Waals surface area contributed by atoms with Crippen LogP contribution in [0.2, 0.25) is 11.1 Å². The van der Waals surface area contributed by atoms with Crippen molar-refractivity contribution in [1.29, 1.82) is 0 Å². The van der Waals surface area contributed by atoms with Crippen LogP contribution in [0.1, 0.15) is 33.3 Å². The van der Waals surface area contributed by atoms with Gasteiger partial charge >= 0.3 is 0 Å².